The summed E-state index contributed by atoms with van der Waals surface area (Å²) in [5.41, 5.74) is 4.98. The lowest BCUT2D eigenvalue weighted by Crippen LogP contribution is -2.48. The van der Waals surface area contributed by atoms with E-state index in [2.05, 4.69) is 55.8 Å². The van der Waals surface area contributed by atoms with Crippen LogP contribution in [0, 0.1) is 0 Å². The first-order valence-electron chi connectivity index (χ1n) is 11.3. The van der Waals surface area contributed by atoms with E-state index in [4.69, 9.17) is 9.47 Å². The monoisotopic (exact) mass is 428 g/mol. The van der Waals surface area contributed by atoms with Crippen molar-refractivity contribution in [1.29, 1.82) is 0 Å². The van der Waals surface area contributed by atoms with E-state index in [1.165, 1.54) is 11.3 Å². The van der Waals surface area contributed by atoms with Crippen molar-refractivity contribution in [1.82, 2.24) is 0 Å². The van der Waals surface area contributed by atoms with Crippen molar-refractivity contribution in [3.05, 3.63) is 77.9 Å². The molecule has 0 saturated carbocycles. The van der Waals surface area contributed by atoms with Gasteiger partial charge >= 0.3 is 0 Å². The van der Waals surface area contributed by atoms with Gasteiger partial charge in [0.1, 0.15) is 17.2 Å². The summed E-state index contributed by atoms with van der Waals surface area (Å²) in [5, 5.41) is 0. The normalized spacial score (nSPS) is 17.3. The van der Waals surface area contributed by atoms with E-state index in [0.29, 0.717) is 5.92 Å². The summed E-state index contributed by atoms with van der Waals surface area (Å²) in [6.45, 7) is 10.3. The highest BCUT2D eigenvalue weighted by Crippen LogP contribution is 2.43. The highest BCUT2D eigenvalue weighted by atomic mass is 16.5. The van der Waals surface area contributed by atoms with Gasteiger partial charge in [-0.05, 0) is 105 Å². The molecule has 3 aromatic rings. The minimum Gasteiger partial charge on any atom is -0.497 e. The minimum absolute atomic E-state index is 0.187. The van der Waals surface area contributed by atoms with Gasteiger partial charge in [0.15, 0.2) is 0 Å². The number of ether oxygens (including phenoxy) is 2. The highest BCUT2D eigenvalue weighted by molar-refractivity contribution is 5.83. The van der Waals surface area contributed by atoms with Crippen LogP contribution in [-0.2, 0) is 0 Å². The Labute approximate surface area is 191 Å². The smallest absolute Gasteiger partial charge is 0.127 e. The third-order valence-corrected chi connectivity index (χ3v) is 6.22. The van der Waals surface area contributed by atoms with Crippen molar-refractivity contribution in [2.75, 3.05) is 18.6 Å². The molecule has 0 fully saturated rings. The number of hydrogen-bond donors (Lipinski definition) is 0. The second-order valence-electron chi connectivity index (χ2n) is 9.01. The second kappa shape index (κ2) is 9.07. The molecule has 4 heteroatoms. The van der Waals surface area contributed by atoms with E-state index < -0.39 is 0 Å². The molecule has 4 rings (SSSR count). The lowest BCUT2D eigenvalue weighted by Gasteiger charge is -2.47. The summed E-state index contributed by atoms with van der Waals surface area (Å²) < 4.78 is 11.1. The van der Waals surface area contributed by atoms with Crippen molar-refractivity contribution < 1.29 is 9.47 Å². The van der Waals surface area contributed by atoms with Gasteiger partial charge in [0.2, 0.25) is 0 Å². The van der Waals surface area contributed by atoms with Gasteiger partial charge in [-0.3, -0.25) is 4.99 Å². The molecule has 0 amide bonds. The Morgan fingerprint density at radius 1 is 0.969 bits per heavy atom. The summed E-state index contributed by atoms with van der Waals surface area (Å²) in [6.07, 6.45) is 3.10. The van der Waals surface area contributed by atoms with E-state index in [0.717, 1.165) is 41.5 Å². The summed E-state index contributed by atoms with van der Waals surface area (Å²) >= 11 is 0. The average molecular weight is 429 g/mol. The molecule has 4 nitrogen and oxygen atoms in total. The fourth-order valence-electron chi connectivity index (χ4n) is 4.72. The Morgan fingerprint density at radius 3 is 2.22 bits per heavy atom. The molecule has 32 heavy (non-hydrogen) atoms. The molecule has 1 aliphatic heterocycles. The Kier molecular flexibility index (Phi) is 6.22. The van der Waals surface area contributed by atoms with Gasteiger partial charge in [-0.2, -0.15) is 0 Å². The zero-order chi connectivity index (χ0) is 22.7. The van der Waals surface area contributed by atoms with Crippen LogP contribution in [0.15, 0.2) is 71.7 Å². The molecule has 1 heterocycles. The zero-order valence-electron chi connectivity index (χ0n) is 19.6. The van der Waals surface area contributed by atoms with Crippen molar-refractivity contribution in [3.8, 4) is 17.2 Å². The Balaban J connectivity index is 1.47. The molecule has 0 N–H and O–H groups in total. The van der Waals surface area contributed by atoms with Crippen molar-refractivity contribution in [2.45, 2.75) is 45.6 Å². The fourth-order valence-corrected chi connectivity index (χ4v) is 4.72. The number of benzene rings is 3. The van der Waals surface area contributed by atoms with Gasteiger partial charge in [0.05, 0.1) is 12.8 Å². The van der Waals surface area contributed by atoms with Gasteiger partial charge in [0.25, 0.3) is 0 Å². The fraction of sp³-hybridized carbons (Fsp3) is 0.321. The quantitative estimate of drug-likeness (QED) is 0.385. The van der Waals surface area contributed by atoms with Crippen molar-refractivity contribution in [3.63, 3.8) is 0 Å². The third-order valence-electron chi connectivity index (χ3n) is 6.22. The minimum atomic E-state index is 0.187. The predicted molar refractivity (Wildman–Crippen MR) is 133 cm³/mol. The molecule has 0 saturated heterocycles. The number of methoxy groups -OCH3 is 1. The zero-order valence-corrected chi connectivity index (χ0v) is 19.6. The first kappa shape index (κ1) is 21.9. The topological polar surface area (TPSA) is 34.1 Å². The van der Waals surface area contributed by atoms with Gasteiger partial charge in [-0.15, -0.1) is 0 Å². The number of rotatable bonds is 6. The molecule has 0 unspecified atom stereocenters. The molecule has 0 aliphatic carbocycles. The highest BCUT2D eigenvalue weighted by Gasteiger charge is 2.35. The maximum Gasteiger partial charge on any atom is 0.127 e. The Bertz CT molecular complexity index is 1090. The average Bonchev–Trinajstić information content (AvgIpc) is 2.79. The largest absolute Gasteiger partial charge is 0.497 e. The van der Waals surface area contributed by atoms with Gasteiger partial charge in [-0.25, -0.2) is 0 Å². The SMILES string of the molecule is CCN1c2ccc(C=Nc3ccc(Oc4ccc(OC)cc4)cc3)cc2[C@@H](C)CC1(C)C. The van der Waals surface area contributed by atoms with Crippen LogP contribution in [0.25, 0.3) is 0 Å². The first-order valence-corrected chi connectivity index (χ1v) is 11.3. The maximum absolute atomic E-state index is 5.90. The molecule has 1 aliphatic rings. The lowest BCUT2D eigenvalue weighted by atomic mass is 9.79. The number of aliphatic imine (C=N–C) groups is 1. The van der Waals surface area contributed by atoms with Crippen LogP contribution in [-0.4, -0.2) is 25.4 Å². The van der Waals surface area contributed by atoms with Gasteiger partial charge < -0.3 is 14.4 Å². The number of anilines is 1. The van der Waals surface area contributed by atoms with E-state index in [9.17, 15) is 0 Å². The molecule has 3 aromatic carbocycles. The number of nitrogens with zero attached hydrogens (tertiary/aromatic N) is 2. The van der Waals surface area contributed by atoms with E-state index >= 15 is 0 Å². The first-order chi connectivity index (χ1) is 15.4. The molecule has 0 aromatic heterocycles. The van der Waals surface area contributed by atoms with Crippen LogP contribution in [0.2, 0.25) is 0 Å². The summed E-state index contributed by atoms with van der Waals surface area (Å²) in [4.78, 5) is 7.20. The van der Waals surface area contributed by atoms with E-state index in [-0.39, 0.29) is 5.54 Å². The van der Waals surface area contributed by atoms with Crippen LogP contribution in [0.4, 0.5) is 11.4 Å². The maximum atomic E-state index is 5.90. The van der Waals surface area contributed by atoms with Gasteiger partial charge in [0, 0.05) is 24.0 Å². The van der Waals surface area contributed by atoms with Crippen LogP contribution in [0.3, 0.4) is 0 Å². The van der Waals surface area contributed by atoms with Crippen molar-refractivity contribution in [2.24, 2.45) is 4.99 Å². The van der Waals surface area contributed by atoms with Crippen LogP contribution >= 0.6 is 0 Å². The number of hydrogen-bond acceptors (Lipinski definition) is 4. The Hall–Kier alpha value is -3.27. The summed E-state index contributed by atoms with van der Waals surface area (Å²) in [5.74, 6) is 2.89. The Morgan fingerprint density at radius 2 is 1.59 bits per heavy atom. The molecular formula is C28H32N2O2. The van der Waals surface area contributed by atoms with Gasteiger partial charge in [-0.1, -0.05) is 13.0 Å². The third kappa shape index (κ3) is 4.64. The molecule has 1 atom stereocenters. The van der Waals surface area contributed by atoms with Crippen LogP contribution in [0.5, 0.6) is 17.2 Å². The molecule has 166 valence electrons. The molecule has 0 bridgehead atoms. The molecular weight excluding hydrogens is 396 g/mol. The number of fused-ring (bicyclic) bond motifs is 1. The summed E-state index contributed by atoms with van der Waals surface area (Å²) in [7, 11) is 1.65. The van der Waals surface area contributed by atoms with E-state index in [1.54, 1.807) is 7.11 Å². The standard InChI is InChI=1S/C28H32N2O2/c1-6-30-27-16-7-21(17-26(27)20(2)18-28(30,3)4)19-29-22-8-10-24(11-9-22)32-25-14-12-23(31-5)13-15-25/h7-17,19-20H,6,18H2,1-5H3/t20-/m0/s1. The van der Waals surface area contributed by atoms with E-state index in [1.807, 2.05) is 54.7 Å². The molecule has 0 radical (unpaired) electrons. The second-order valence-corrected chi connectivity index (χ2v) is 9.01. The van der Waals surface area contributed by atoms with Crippen LogP contribution < -0.4 is 14.4 Å². The molecule has 0 spiro atoms. The predicted octanol–water partition coefficient (Wildman–Crippen LogP) is 7.35. The lowest BCUT2D eigenvalue weighted by molar-refractivity contribution is 0.381. The van der Waals surface area contributed by atoms with Crippen LogP contribution in [0.1, 0.15) is 51.2 Å². The summed E-state index contributed by atoms with van der Waals surface area (Å²) in [6, 6.07) is 22.1. The van der Waals surface area contributed by atoms with Crippen molar-refractivity contribution >= 4 is 17.6 Å².